The Balaban J connectivity index is 4.36. The molecule has 0 N–H and O–H groups in total. The summed E-state index contributed by atoms with van der Waals surface area (Å²) in [4.78, 5) is 37.6. The molecule has 1 atom stereocenters. The van der Waals surface area contributed by atoms with Gasteiger partial charge in [-0.15, -0.1) is 0 Å². The van der Waals surface area contributed by atoms with Gasteiger partial charge in [0.1, 0.15) is 13.2 Å². The van der Waals surface area contributed by atoms with E-state index in [0.717, 1.165) is 96.3 Å². The molecule has 0 aliphatic rings. The first-order valence-electron chi connectivity index (χ1n) is 22.8. The van der Waals surface area contributed by atoms with Gasteiger partial charge < -0.3 is 14.2 Å². The van der Waals surface area contributed by atoms with E-state index < -0.39 is 6.10 Å². The molecule has 0 heterocycles. The Morgan fingerprint density at radius 2 is 0.727 bits per heavy atom. The third-order valence-corrected chi connectivity index (χ3v) is 9.48. The molecule has 6 nitrogen and oxygen atoms in total. The van der Waals surface area contributed by atoms with E-state index in [2.05, 4.69) is 81.5 Å². The summed E-state index contributed by atoms with van der Waals surface area (Å²) >= 11 is 0. The molecule has 0 spiro atoms. The Morgan fingerprint density at radius 3 is 1.20 bits per heavy atom. The minimum atomic E-state index is -0.791. The lowest BCUT2D eigenvalue weighted by Gasteiger charge is -2.18. The summed E-state index contributed by atoms with van der Waals surface area (Å²) in [6.45, 7) is 6.39. The number of rotatable bonds is 40. The van der Waals surface area contributed by atoms with Crippen molar-refractivity contribution in [2.45, 2.75) is 219 Å². The zero-order valence-corrected chi connectivity index (χ0v) is 35.9. The van der Waals surface area contributed by atoms with Crippen molar-refractivity contribution in [3.63, 3.8) is 0 Å². The summed E-state index contributed by atoms with van der Waals surface area (Å²) in [7, 11) is 0. The average Bonchev–Trinajstić information content (AvgIpc) is 3.18. The minimum Gasteiger partial charge on any atom is -0.462 e. The maximum atomic E-state index is 12.7. The van der Waals surface area contributed by atoms with Crippen LogP contribution in [-0.4, -0.2) is 37.2 Å². The highest BCUT2D eigenvalue weighted by Crippen LogP contribution is 2.13. The van der Waals surface area contributed by atoms with Crippen LogP contribution in [0, 0.1) is 0 Å². The monoisotopic (exact) mass is 769 g/mol. The maximum absolute atomic E-state index is 12.7. The van der Waals surface area contributed by atoms with E-state index in [0.29, 0.717) is 19.3 Å². The number of hydrogen-bond acceptors (Lipinski definition) is 6. The smallest absolute Gasteiger partial charge is 0.306 e. The van der Waals surface area contributed by atoms with Crippen molar-refractivity contribution in [3.05, 3.63) is 60.8 Å². The molecule has 1 unspecified atom stereocenters. The standard InChI is InChI=1S/C49H84O6/c1-4-7-10-13-16-19-21-22-23-24-25-26-28-30-33-36-39-42-48(51)54-45-46(44-53-47(50)41-38-35-32-29-18-15-12-9-6-3)55-49(52)43-40-37-34-31-27-20-17-14-11-8-5-2/h9,12,14,16-19,22-23,29,46H,4-8,10-11,13,15,20-21,24-28,30-45H2,1-3H3/b12-9-,17-14-,19-16-,23-22-,29-18-. The quantitative estimate of drug-likeness (QED) is 0.0267. The van der Waals surface area contributed by atoms with Gasteiger partial charge in [-0.25, -0.2) is 0 Å². The molecule has 316 valence electrons. The Morgan fingerprint density at radius 1 is 0.382 bits per heavy atom. The van der Waals surface area contributed by atoms with E-state index in [4.69, 9.17) is 14.2 Å². The van der Waals surface area contributed by atoms with Crippen molar-refractivity contribution in [1.29, 1.82) is 0 Å². The second kappa shape index (κ2) is 43.8. The van der Waals surface area contributed by atoms with E-state index in [-0.39, 0.29) is 31.1 Å². The van der Waals surface area contributed by atoms with Crippen molar-refractivity contribution >= 4 is 17.9 Å². The van der Waals surface area contributed by atoms with Gasteiger partial charge in [-0.2, -0.15) is 0 Å². The lowest BCUT2D eigenvalue weighted by molar-refractivity contribution is -0.167. The average molecular weight is 769 g/mol. The number of carbonyl (C=O) groups is 3. The van der Waals surface area contributed by atoms with Crippen LogP contribution < -0.4 is 0 Å². The Kier molecular flexibility index (Phi) is 41.5. The highest BCUT2D eigenvalue weighted by atomic mass is 16.6. The Labute approximate surface area is 339 Å². The van der Waals surface area contributed by atoms with Crippen LogP contribution in [0.2, 0.25) is 0 Å². The number of allylic oxidation sites excluding steroid dienone is 10. The van der Waals surface area contributed by atoms with Crippen LogP contribution in [-0.2, 0) is 28.6 Å². The van der Waals surface area contributed by atoms with Crippen molar-refractivity contribution in [2.75, 3.05) is 13.2 Å². The van der Waals surface area contributed by atoms with E-state index in [9.17, 15) is 14.4 Å². The summed E-state index contributed by atoms with van der Waals surface area (Å²) in [6.07, 6.45) is 52.1. The fourth-order valence-electron chi connectivity index (χ4n) is 6.02. The molecule has 6 heteroatoms. The molecule has 0 radical (unpaired) electrons. The Hall–Kier alpha value is -2.89. The maximum Gasteiger partial charge on any atom is 0.306 e. The summed E-state index contributed by atoms with van der Waals surface area (Å²) in [5.41, 5.74) is 0. The third-order valence-electron chi connectivity index (χ3n) is 9.48. The fourth-order valence-corrected chi connectivity index (χ4v) is 6.02. The molecular weight excluding hydrogens is 685 g/mol. The summed E-state index contributed by atoms with van der Waals surface area (Å²) in [5.74, 6) is -0.953. The first kappa shape index (κ1) is 52.1. The molecule has 0 saturated heterocycles. The number of unbranched alkanes of at least 4 members (excludes halogenated alkanes) is 19. The summed E-state index contributed by atoms with van der Waals surface area (Å²) < 4.78 is 16.6. The first-order chi connectivity index (χ1) is 27.0. The topological polar surface area (TPSA) is 78.9 Å². The van der Waals surface area contributed by atoms with Crippen LogP contribution >= 0.6 is 0 Å². The predicted molar refractivity (Wildman–Crippen MR) is 233 cm³/mol. The van der Waals surface area contributed by atoms with Gasteiger partial charge in [-0.3, -0.25) is 14.4 Å². The van der Waals surface area contributed by atoms with Crippen molar-refractivity contribution in [1.82, 2.24) is 0 Å². The second-order valence-electron chi connectivity index (χ2n) is 14.9. The molecule has 0 bridgehead atoms. The van der Waals surface area contributed by atoms with Gasteiger partial charge in [0.2, 0.25) is 0 Å². The first-order valence-corrected chi connectivity index (χ1v) is 22.8. The number of esters is 3. The normalized spacial score (nSPS) is 12.6. The van der Waals surface area contributed by atoms with Crippen LogP contribution in [0.5, 0.6) is 0 Å². The molecule has 0 aromatic heterocycles. The van der Waals surface area contributed by atoms with E-state index in [1.54, 1.807) is 0 Å². The lowest BCUT2D eigenvalue weighted by Crippen LogP contribution is -2.30. The van der Waals surface area contributed by atoms with Gasteiger partial charge in [0.25, 0.3) is 0 Å². The molecule has 0 aliphatic heterocycles. The van der Waals surface area contributed by atoms with Gasteiger partial charge in [0, 0.05) is 19.3 Å². The van der Waals surface area contributed by atoms with Crippen LogP contribution in [0.3, 0.4) is 0 Å². The molecular formula is C49H84O6. The second-order valence-corrected chi connectivity index (χ2v) is 14.9. The third kappa shape index (κ3) is 42.1. The van der Waals surface area contributed by atoms with Crippen LogP contribution in [0.15, 0.2) is 60.8 Å². The van der Waals surface area contributed by atoms with Gasteiger partial charge in [0.15, 0.2) is 6.10 Å². The lowest BCUT2D eigenvalue weighted by atomic mass is 10.1. The summed E-state index contributed by atoms with van der Waals surface area (Å²) in [5, 5.41) is 0. The van der Waals surface area contributed by atoms with Crippen molar-refractivity contribution < 1.29 is 28.6 Å². The van der Waals surface area contributed by atoms with Gasteiger partial charge in [-0.05, 0) is 96.3 Å². The van der Waals surface area contributed by atoms with Gasteiger partial charge >= 0.3 is 17.9 Å². The zero-order valence-electron chi connectivity index (χ0n) is 35.9. The molecule has 0 fully saturated rings. The summed E-state index contributed by atoms with van der Waals surface area (Å²) in [6, 6.07) is 0. The molecule has 0 amide bonds. The Bertz CT molecular complexity index is 1020. The molecule has 0 aromatic carbocycles. The highest BCUT2D eigenvalue weighted by Gasteiger charge is 2.19. The highest BCUT2D eigenvalue weighted by molar-refractivity contribution is 5.71. The SMILES string of the molecule is CC/C=C\C/C=C\CCCCC(=O)OCC(COC(=O)CCCCCCCCC/C=C\C/C=C\CCCCC)OC(=O)CCCCCCC/C=C\CCCC. The van der Waals surface area contributed by atoms with E-state index in [1.807, 2.05) is 0 Å². The molecule has 0 saturated carbocycles. The fraction of sp³-hybridized carbons (Fsp3) is 0.735. The van der Waals surface area contributed by atoms with E-state index in [1.165, 1.54) is 77.0 Å². The largest absolute Gasteiger partial charge is 0.462 e. The van der Waals surface area contributed by atoms with Crippen LogP contribution in [0.25, 0.3) is 0 Å². The van der Waals surface area contributed by atoms with Crippen LogP contribution in [0.1, 0.15) is 213 Å². The molecule has 55 heavy (non-hydrogen) atoms. The van der Waals surface area contributed by atoms with Gasteiger partial charge in [-0.1, -0.05) is 159 Å². The van der Waals surface area contributed by atoms with E-state index >= 15 is 0 Å². The van der Waals surface area contributed by atoms with Crippen LogP contribution in [0.4, 0.5) is 0 Å². The number of hydrogen-bond donors (Lipinski definition) is 0. The zero-order chi connectivity index (χ0) is 40.1. The molecule has 0 aromatic rings. The molecule has 0 rings (SSSR count). The number of ether oxygens (including phenoxy) is 3. The van der Waals surface area contributed by atoms with Crippen molar-refractivity contribution in [3.8, 4) is 0 Å². The van der Waals surface area contributed by atoms with Gasteiger partial charge in [0.05, 0.1) is 0 Å². The van der Waals surface area contributed by atoms with Crippen molar-refractivity contribution in [2.24, 2.45) is 0 Å². The minimum absolute atomic E-state index is 0.0927. The number of carbonyl (C=O) groups excluding carboxylic acids is 3. The molecule has 0 aliphatic carbocycles. The predicted octanol–water partition coefficient (Wildman–Crippen LogP) is 14.5.